The van der Waals surface area contributed by atoms with Crippen molar-refractivity contribution < 1.29 is 13.2 Å². The molecule has 0 aliphatic rings. The van der Waals surface area contributed by atoms with E-state index in [9.17, 15) is 13.2 Å². The van der Waals surface area contributed by atoms with Crippen LogP contribution in [0.5, 0.6) is 0 Å². The van der Waals surface area contributed by atoms with Crippen LogP contribution < -0.4 is 5.32 Å². The highest BCUT2D eigenvalue weighted by atomic mass is 79.9. The monoisotopic (exact) mass is 476 g/mol. The highest BCUT2D eigenvalue weighted by Gasteiger charge is 2.24. The Morgan fingerprint density at radius 3 is 2.38 bits per heavy atom. The smallest absolute Gasteiger partial charge is 0.243 e. The molecule has 0 atom stereocenters. The van der Waals surface area contributed by atoms with E-state index in [1.807, 2.05) is 31.2 Å². The predicted molar refractivity (Wildman–Crippen MR) is 116 cm³/mol. The summed E-state index contributed by atoms with van der Waals surface area (Å²) in [5, 5.41) is 7.21. The van der Waals surface area contributed by atoms with E-state index in [2.05, 4.69) is 26.3 Å². The number of anilines is 1. The minimum Gasteiger partial charge on any atom is -0.309 e. The van der Waals surface area contributed by atoms with E-state index in [4.69, 9.17) is 0 Å². The highest BCUT2D eigenvalue weighted by molar-refractivity contribution is 9.10. The second-order valence-corrected chi connectivity index (χ2v) is 9.52. The summed E-state index contributed by atoms with van der Waals surface area (Å²) in [5.41, 5.74) is 2.46. The third kappa shape index (κ3) is 4.58. The number of benzene rings is 2. The third-order valence-corrected chi connectivity index (χ3v) is 6.78. The Morgan fingerprint density at radius 2 is 1.76 bits per heavy atom. The number of amides is 1. The Balaban J connectivity index is 1.82. The van der Waals surface area contributed by atoms with Gasteiger partial charge in [-0.3, -0.25) is 9.48 Å². The van der Waals surface area contributed by atoms with Gasteiger partial charge in [-0.15, -0.1) is 0 Å². The number of hydrogen-bond donors (Lipinski definition) is 1. The van der Waals surface area contributed by atoms with Gasteiger partial charge in [0.05, 0.1) is 17.1 Å². The lowest BCUT2D eigenvalue weighted by Crippen LogP contribution is -2.35. The lowest BCUT2D eigenvalue weighted by atomic mass is 10.1. The van der Waals surface area contributed by atoms with Crippen molar-refractivity contribution in [1.82, 2.24) is 14.1 Å². The summed E-state index contributed by atoms with van der Waals surface area (Å²) >= 11 is 3.41. The van der Waals surface area contributed by atoms with Crippen LogP contribution >= 0.6 is 15.9 Å². The largest absolute Gasteiger partial charge is 0.309 e. The van der Waals surface area contributed by atoms with Crippen LogP contribution in [0, 0.1) is 6.92 Å². The van der Waals surface area contributed by atoms with Crippen LogP contribution in [-0.4, -0.2) is 42.0 Å². The van der Waals surface area contributed by atoms with E-state index >= 15 is 0 Å². The van der Waals surface area contributed by atoms with Crippen molar-refractivity contribution in [3.8, 4) is 11.1 Å². The molecule has 3 aromatic rings. The predicted octanol–water partition coefficient (Wildman–Crippen LogP) is 3.42. The molecule has 0 unspecified atom stereocenters. The number of likely N-dealkylation sites (N-methyl/N-ethyl adjacent to an activating group) is 1. The molecule has 1 amide bonds. The van der Waals surface area contributed by atoms with Crippen LogP contribution in [0.3, 0.4) is 0 Å². The van der Waals surface area contributed by atoms with Gasteiger partial charge >= 0.3 is 0 Å². The number of nitrogens with one attached hydrogen (secondary N) is 1. The molecule has 0 fully saturated rings. The van der Waals surface area contributed by atoms with Crippen molar-refractivity contribution in [2.75, 3.05) is 18.9 Å². The van der Waals surface area contributed by atoms with Gasteiger partial charge in [-0.25, -0.2) is 8.42 Å². The molecule has 1 aromatic heterocycles. The molecule has 0 radical (unpaired) electrons. The number of rotatable bonds is 6. The minimum absolute atomic E-state index is 0.141. The number of hydrogen-bond acceptors (Lipinski definition) is 4. The molecule has 0 bridgehead atoms. The van der Waals surface area contributed by atoms with E-state index in [-0.39, 0.29) is 11.4 Å². The SMILES string of the molecule is Cc1nn(C)c(NC(=O)CN(C)S(=O)(=O)c2ccccc2)c1-c1ccc(Br)cc1. The van der Waals surface area contributed by atoms with Crippen LogP contribution in [0.2, 0.25) is 0 Å². The first-order valence-electron chi connectivity index (χ1n) is 8.81. The summed E-state index contributed by atoms with van der Waals surface area (Å²) in [6, 6.07) is 15.7. The number of aromatic nitrogens is 2. The Bertz CT molecular complexity index is 1130. The van der Waals surface area contributed by atoms with Gasteiger partial charge in [-0.2, -0.15) is 9.40 Å². The molecule has 1 N–H and O–H groups in total. The highest BCUT2D eigenvalue weighted by Crippen LogP contribution is 2.31. The average molecular weight is 477 g/mol. The van der Waals surface area contributed by atoms with Gasteiger partial charge in [0.2, 0.25) is 15.9 Å². The molecule has 9 heteroatoms. The van der Waals surface area contributed by atoms with Crippen molar-refractivity contribution in [2.24, 2.45) is 7.05 Å². The van der Waals surface area contributed by atoms with E-state index in [1.165, 1.54) is 19.2 Å². The van der Waals surface area contributed by atoms with Gasteiger partial charge < -0.3 is 5.32 Å². The van der Waals surface area contributed by atoms with Crippen molar-refractivity contribution >= 4 is 37.7 Å². The molecule has 152 valence electrons. The first-order valence-corrected chi connectivity index (χ1v) is 11.0. The summed E-state index contributed by atoms with van der Waals surface area (Å²) in [5.74, 6) is 0.0636. The fraction of sp³-hybridized carbons (Fsp3) is 0.200. The standard InChI is InChI=1S/C20H21BrN4O3S/c1-14-19(15-9-11-16(21)12-10-15)20(25(3)23-14)22-18(26)13-24(2)29(27,28)17-7-5-4-6-8-17/h4-12H,13H2,1-3H3,(H,22,26). The number of halogens is 1. The summed E-state index contributed by atoms with van der Waals surface area (Å²) in [6.45, 7) is 1.54. The molecule has 29 heavy (non-hydrogen) atoms. The van der Waals surface area contributed by atoms with Crippen molar-refractivity contribution in [1.29, 1.82) is 0 Å². The van der Waals surface area contributed by atoms with Gasteiger partial charge in [0.25, 0.3) is 0 Å². The number of carbonyl (C=O) groups is 1. The molecule has 0 spiro atoms. The fourth-order valence-electron chi connectivity index (χ4n) is 2.99. The lowest BCUT2D eigenvalue weighted by molar-refractivity contribution is -0.116. The molecule has 0 saturated heterocycles. The van der Waals surface area contributed by atoms with Gasteiger partial charge in [0.1, 0.15) is 5.82 Å². The van der Waals surface area contributed by atoms with Gasteiger partial charge in [0, 0.05) is 24.1 Å². The third-order valence-electron chi connectivity index (χ3n) is 4.43. The van der Waals surface area contributed by atoms with Crippen LogP contribution in [0.4, 0.5) is 5.82 Å². The molecule has 7 nitrogen and oxygen atoms in total. The van der Waals surface area contributed by atoms with Crippen molar-refractivity contribution in [3.63, 3.8) is 0 Å². The number of aryl methyl sites for hydroxylation is 2. The summed E-state index contributed by atoms with van der Waals surface area (Å²) in [4.78, 5) is 12.8. The topological polar surface area (TPSA) is 84.3 Å². The quantitative estimate of drug-likeness (QED) is 0.590. The number of sulfonamides is 1. The van der Waals surface area contributed by atoms with Crippen molar-refractivity contribution in [2.45, 2.75) is 11.8 Å². The first-order chi connectivity index (χ1) is 13.7. The summed E-state index contributed by atoms with van der Waals surface area (Å²) in [6.07, 6.45) is 0. The number of nitrogens with zero attached hydrogens (tertiary/aromatic N) is 3. The average Bonchev–Trinajstić information content (AvgIpc) is 2.96. The van der Waals surface area contributed by atoms with Crippen LogP contribution in [0.15, 0.2) is 64.0 Å². The molecule has 0 aliphatic carbocycles. The molecule has 3 rings (SSSR count). The molecular weight excluding hydrogens is 456 g/mol. The fourth-order valence-corrected chi connectivity index (χ4v) is 4.41. The Morgan fingerprint density at radius 1 is 1.14 bits per heavy atom. The Kier molecular flexibility index (Phi) is 6.21. The van der Waals surface area contributed by atoms with Gasteiger partial charge in [-0.05, 0) is 36.8 Å². The van der Waals surface area contributed by atoms with Crippen LogP contribution in [0.25, 0.3) is 11.1 Å². The van der Waals surface area contributed by atoms with Crippen LogP contribution in [-0.2, 0) is 21.9 Å². The maximum atomic E-state index is 12.6. The molecule has 0 saturated carbocycles. The zero-order valence-electron chi connectivity index (χ0n) is 16.3. The minimum atomic E-state index is -3.75. The zero-order valence-corrected chi connectivity index (χ0v) is 18.7. The molecular formula is C20H21BrN4O3S. The second kappa shape index (κ2) is 8.48. The summed E-state index contributed by atoms with van der Waals surface area (Å²) in [7, 11) is -0.641. The first kappa shape index (κ1) is 21.2. The molecule has 0 aliphatic heterocycles. The Hall–Kier alpha value is -2.49. The van der Waals surface area contributed by atoms with E-state index < -0.39 is 15.9 Å². The molecule has 2 aromatic carbocycles. The number of carbonyl (C=O) groups excluding carboxylic acids is 1. The maximum absolute atomic E-state index is 12.6. The normalized spacial score (nSPS) is 11.6. The maximum Gasteiger partial charge on any atom is 0.243 e. The molecule has 1 heterocycles. The van der Waals surface area contributed by atoms with Crippen LogP contribution in [0.1, 0.15) is 5.69 Å². The van der Waals surface area contributed by atoms with Gasteiger partial charge in [0.15, 0.2) is 0 Å². The van der Waals surface area contributed by atoms with E-state index in [0.717, 1.165) is 25.6 Å². The summed E-state index contributed by atoms with van der Waals surface area (Å²) < 4.78 is 28.8. The Labute approximate surface area is 178 Å². The van der Waals surface area contributed by atoms with Gasteiger partial charge in [-0.1, -0.05) is 46.3 Å². The van der Waals surface area contributed by atoms with E-state index in [0.29, 0.717) is 5.82 Å². The van der Waals surface area contributed by atoms with E-state index in [1.54, 1.807) is 29.9 Å². The zero-order chi connectivity index (χ0) is 21.2. The second-order valence-electron chi connectivity index (χ2n) is 6.56. The van der Waals surface area contributed by atoms with Crippen molar-refractivity contribution in [3.05, 3.63) is 64.8 Å². The lowest BCUT2D eigenvalue weighted by Gasteiger charge is -2.17.